The van der Waals surface area contributed by atoms with Crippen LogP contribution < -0.4 is 0 Å². The van der Waals surface area contributed by atoms with Crippen molar-refractivity contribution in [2.24, 2.45) is 0 Å². The molecule has 1 aromatic rings. The van der Waals surface area contributed by atoms with Gasteiger partial charge in [-0.1, -0.05) is 6.92 Å². The van der Waals surface area contributed by atoms with E-state index in [1.54, 1.807) is 0 Å². The molecule has 0 bridgehead atoms. The van der Waals surface area contributed by atoms with E-state index in [1.165, 1.54) is 6.92 Å². The maximum Gasteiger partial charge on any atom is 0.252 e. The summed E-state index contributed by atoms with van der Waals surface area (Å²) in [5, 5.41) is 0. The van der Waals surface area contributed by atoms with Crippen molar-refractivity contribution < 1.29 is 17.6 Å². The van der Waals surface area contributed by atoms with Gasteiger partial charge in [0.15, 0.2) is 5.82 Å². The number of hydrogen-bond donors (Lipinski definition) is 0. The highest BCUT2D eigenvalue weighted by Gasteiger charge is 2.18. The van der Waals surface area contributed by atoms with Crippen molar-refractivity contribution in [1.29, 1.82) is 0 Å². The zero-order valence-corrected chi connectivity index (χ0v) is 6.17. The van der Waals surface area contributed by atoms with Crippen LogP contribution in [0.3, 0.4) is 0 Å². The first kappa shape index (κ1) is 8.96. The summed E-state index contributed by atoms with van der Waals surface area (Å²) in [6, 6.07) is 0. The second-order valence-corrected chi connectivity index (χ2v) is 2.14. The predicted molar refractivity (Wildman–Crippen MR) is 33.4 cm³/mol. The van der Waals surface area contributed by atoms with Crippen molar-refractivity contribution in [3.8, 4) is 0 Å². The highest BCUT2D eigenvalue weighted by Crippen LogP contribution is 2.15. The molecule has 0 radical (unpaired) electrons. The largest absolute Gasteiger partial charge is 0.252 e. The summed E-state index contributed by atoms with van der Waals surface area (Å²) >= 11 is 0. The van der Waals surface area contributed by atoms with Gasteiger partial charge in [0.05, 0.1) is 5.69 Å². The van der Waals surface area contributed by atoms with Gasteiger partial charge in [-0.2, -0.15) is 8.78 Å². The summed E-state index contributed by atoms with van der Waals surface area (Å²) in [5.41, 5.74) is -0.411. The van der Waals surface area contributed by atoms with E-state index in [1.807, 2.05) is 0 Å². The molecule has 0 atom stereocenters. The van der Waals surface area contributed by atoms with Gasteiger partial charge in [0.1, 0.15) is 0 Å². The third-order valence-electron chi connectivity index (χ3n) is 1.39. The maximum atomic E-state index is 12.6. The molecule has 0 aromatic carbocycles. The van der Waals surface area contributed by atoms with Crippen LogP contribution in [0.15, 0.2) is 0 Å². The van der Waals surface area contributed by atoms with Gasteiger partial charge in [-0.15, -0.1) is 0 Å². The van der Waals surface area contributed by atoms with Crippen LogP contribution in [-0.2, 0) is 6.42 Å². The fourth-order valence-corrected chi connectivity index (χ4v) is 0.765. The van der Waals surface area contributed by atoms with E-state index in [0.29, 0.717) is 0 Å². The molecule has 1 rings (SSSR count). The van der Waals surface area contributed by atoms with Gasteiger partial charge >= 0.3 is 0 Å². The van der Waals surface area contributed by atoms with Crippen molar-refractivity contribution in [1.82, 2.24) is 4.98 Å². The zero-order chi connectivity index (χ0) is 9.30. The van der Waals surface area contributed by atoms with Gasteiger partial charge < -0.3 is 0 Å². The molecule has 0 unspecified atom stereocenters. The van der Waals surface area contributed by atoms with Crippen molar-refractivity contribution in [3.05, 3.63) is 29.1 Å². The van der Waals surface area contributed by atoms with Crippen LogP contribution in [0.5, 0.6) is 0 Å². The van der Waals surface area contributed by atoms with Crippen LogP contribution in [-0.4, -0.2) is 4.98 Å². The standard InChI is InChI=1S/C7H5F4N/c1-2-3-4(8)5(9)6(10)7(11)12-3/h2H2,1H3. The van der Waals surface area contributed by atoms with Gasteiger partial charge in [0.2, 0.25) is 11.6 Å². The number of hydrogen-bond acceptors (Lipinski definition) is 1. The SMILES string of the molecule is CCc1nc(F)c(F)c(F)c1F. The lowest BCUT2D eigenvalue weighted by molar-refractivity contribution is 0.384. The lowest BCUT2D eigenvalue weighted by atomic mass is 10.2. The van der Waals surface area contributed by atoms with Crippen molar-refractivity contribution >= 4 is 0 Å². The molecule has 0 N–H and O–H groups in total. The summed E-state index contributed by atoms with van der Waals surface area (Å²) in [7, 11) is 0. The molecular formula is C7H5F4N. The third-order valence-corrected chi connectivity index (χ3v) is 1.39. The number of rotatable bonds is 1. The average Bonchev–Trinajstić information content (AvgIpc) is 2.08. The summed E-state index contributed by atoms with van der Waals surface area (Å²) in [4.78, 5) is 2.89. The topological polar surface area (TPSA) is 12.9 Å². The molecule has 12 heavy (non-hydrogen) atoms. The number of pyridine rings is 1. The van der Waals surface area contributed by atoms with Crippen LogP contribution in [0.25, 0.3) is 0 Å². The molecule has 0 aliphatic rings. The van der Waals surface area contributed by atoms with E-state index >= 15 is 0 Å². The Bertz CT molecular complexity index is 311. The Morgan fingerprint density at radius 3 is 2.08 bits per heavy atom. The molecule has 1 heterocycles. The first-order valence-corrected chi connectivity index (χ1v) is 3.26. The number of aryl methyl sites for hydroxylation is 1. The van der Waals surface area contributed by atoms with Crippen molar-refractivity contribution in [2.45, 2.75) is 13.3 Å². The molecule has 0 spiro atoms. The summed E-state index contributed by atoms with van der Waals surface area (Å²) in [5.74, 6) is -6.70. The average molecular weight is 179 g/mol. The Hall–Kier alpha value is -1.13. The molecule has 0 saturated heterocycles. The Kier molecular flexibility index (Phi) is 2.30. The van der Waals surface area contributed by atoms with E-state index in [2.05, 4.69) is 4.98 Å². The highest BCUT2D eigenvalue weighted by molar-refractivity contribution is 5.11. The highest BCUT2D eigenvalue weighted by atomic mass is 19.2. The zero-order valence-electron chi connectivity index (χ0n) is 6.17. The Labute approximate surface area is 66.0 Å². The molecule has 0 saturated carbocycles. The second-order valence-electron chi connectivity index (χ2n) is 2.14. The number of aromatic nitrogens is 1. The van der Waals surface area contributed by atoms with Crippen molar-refractivity contribution in [3.63, 3.8) is 0 Å². The summed E-state index contributed by atoms with van der Waals surface area (Å²) in [6.07, 6.45) is 0.0138. The summed E-state index contributed by atoms with van der Waals surface area (Å²) < 4.78 is 49.6. The first-order valence-electron chi connectivity index (χ1n) is 3.26. The van der Waals surface area contributed by atoms with E-state index in [4.69, 9.17) is 0 Å². The minimum Gasteiger partial charge on any atom is -0.219 e. The Morgan fingerprint density at radius 2 is 1.58 bits per heavy atom. The van der Waals surface area contributed by atoms with E-state index in [0.717, 1.165) is 0 Å². The maximum absolute atomic E-state index is 12.6. The summed E-state index contributed by atoms with van der Waals surface area (Å²) in [6.45, 7) is 1.46. The molecule has 5 heteroatoms. The van der Waals surface area contributed by atoms with Gasteiger partial charge in [0.25, 0.3) is 5.95 Å². The van der Waals surface area contributed by atoms with Crippen LogP contribution in [0.1, 0.15) is 12.6 Å². The second kappa shape index (κ2) is 3.08. The molecule has 1 nitrogen and oxygen atoms in total. The fraction of sp³-hybridized carbons (Fsp3) is 0.286. The molecule has 1 aromatic heterocycles. The molecule has 0 amide bonds. The van der Waals surface area contributed by atoms with Gasteiger partial charge in [0, 0.05) is 0 Å². The van der Waals surface area contributed by atoms with Gasteiger partial charge in [-0.25, -0.2) is 13.8 Å². The lowest BCUT2D eigenvalue weighted by Crippen LogP contribution is -2.04. The van der Waals surface area contributed by atoms with Crippen LogP contribution in [0, 0.1) is 23.4 Å². The Balaban J connectivity index is 3.39. The van der Waals surface area contributed by atoms with E-state index in [-0.39, 0.29) is 6.42 Å². The molecule has 66 valence electrons. The van der Waals surface area contributed by atoms with Crippen LogP contribution >= 0.6 is 0 Å². The minimum atomic E-state index is -1.87. The molecular weight excluding hydrogens is 174 g/mol. The normalized spacial score (nSPS) is 10.4. The van der Waals surface area contributed by atoms with E-state index < -0.39 is 29.1 Å². The molecule has 0 fully saturated rings. The Morgan fingerprint density at radius 1 is 1.00 bits per heavy atom. The molecule has 0 aliphatic heterocycles. The monoisotopic (exact) mass is 179 g/mol. The van der Waals surface area contributed by atoms with Crippen molar-refractivity contribution in [2.75, 3.05) is 0 Å². The predicted octanol–water partition coefficient (Wildman–Crippen LogP) is 2.20. The quantitative estimate of drug-likeness (QED) is 0.475. The van der Waals surface area contributed by atoms with Gasteiger partial charge in [-0.3, -0.25) is 0 Å². The van der Waals surface area contributed by atoms with Gasteiger partial charge in [-0.05, 0) is 6.42 Å². The number of halogens is 4. The smallest absolute Gasteiger partial charge is 0.219 e. The first-order chi connectivity index (χ1) is 5.57. The lowest BCUT2D eigenvalue weighted by Gasteiger charge is -2.00. The number of nitrogens with zero attached hydrogens (tertiary/aromatic N) is 1. The van der Waals surface area contributed by atoms with Crippen LogP contribution in [0.2, 0.25) is 0 Å². The molecule has 0 aliphatic carbocycles. The van der Waals surface area contributed by atoms with Crippen LogP contribution in [0.4, 0.5) is 17.6 Å². The minimum absolute atomic E-state index is 0.0138. The third kappa shape index (κ3) is 1.26. The fourth-order valence-electron chi connectivity index (χ4n) is 0.765. The van der Waals surface area contributed by atoms with E-state index in [9.17, 15) is 17.6 Å².